The molecule has 1 nitrogen and oxygen atoms in total. The largest absolute Gasteiger partial charge is 0.396 e. The summed E-state index contributed by atoms with van der Waals surface area (Å²) in [6, 6.07) is 2.36. The van der Waals surface area contributed by atoms with Gasteiger partial charge in [-0.1, -0.05) is 6.07 Å². The molecule has 0 heterocycles. The van der Waals surface area contributed by atoms with E-state index in [-0.39, 0.29) is 0 Å². The fraction of sp³-hybridized carbons (Fsp3) is 0.571. The molecule has 15 heavy (non-hydrogen) atoms. The molecule has 1 aliphatic rings. The van der Waals surface area contributed by atoms with Gasteiger partial charge in [-0.15, -0.1) is 0 Å². The molecule has 0 atom stereocenters. The molecule has 1 N–H and O–H groups in total. The summed E-state index contributed by atoms with van der Waals surface area (Å²) < 4.78 is 0. The topological polar surface area (TPSA) is 20.2 Å². The van der Waals surface area contributed by atoms with Gasteiger partial charge in [-0.2, -0.15) is 0 Å². The smallest absolute Gasteiger partial charge is 0.0434 e. The molecular weight excluding hydrogens is 184 g/mol. The van der Waals surface area contributed by atoms with E-state index in [0.29, 0.717) is 6.61 Å². The van der Waals surface area contributed by atoms with Crippen LogP contribution in [0.2, 0.25) is 0 Å². The molecule has 0 spiro atoms. The van der Waals surface area contributed by atoms with Crippen LogP contribution >= 0.6 is 0 Å². The predicted molar refractivity (Wildman–Crippen MR) is 63.3 cm³/mol. The van der Waals surface area contributed by atoms with E-state index in [1.165, 1.54) is 36.0 Å². The summed E-state index contributed by atoms with van der Waals surface area (Å²) in [5.74, 6) is 0. The van der Waals surface area contributed by atoms with Crippen molar-refractivity contribution in [3.8, 4) is 0 Å². The Hall–Kier alpha value is -0.820. The molecule has 0 unspecified atom stereocenters. The molecule has 0 aromatic heterocycles. The highest BCUT2D eigenvalue weighted by molar-refractivity contribution is 5.47. The second kappa shape index (κ2) is 4.36. The number of aliphatic hydroxyl groups excluding tert-OH is 1. The van der Waals surface area contributed by atoms with E-state index >= 15 is 0 Å². The molecular formula is C14H20O. The van der Waals surface area contributed by atoms with Gasteiger partial charge in [0.1, 0.15) is 0 Å². The maximum atomic E-state index is 8.90. The molecule has 0 amide bonds. The molecule has 1 aliphatic carbocycles. The van der Waals surface area contributed by atoms with Gasteiger partial charge in [0, 0.05) is 6.61 Å². The lowest BCUT2D eigenvalue weighted by atomic mass is 9.92. The van der Waals surface area contributed by atoms with Crippen LogP contribution in [-0.4, -0.2) is 11.7 Å². The quantitative estimate of drug-likeness (QED) is 0.802. The SMILES string of the molecule is Cc1cc2c(c(C)c1CCCO)CCC2. The third-order valence-electron chi connectivity index (χ3n) is 3.62. The second-order valence-corrected chi connectivity index (χ2v) is 4.62. The van der Waals surface area contributed by atoms with Crippen LogP contribution in [0.15, 0.2) is 6.07 Å². The number of hydrogen-bond acceptors (Lipinski definition) is 1. The minimum atomic E-state index is 0.302. The Morgan fingerprint density at radius 2 is 2.07 bits per heavy atom. The van der Waals surface area contributed by atoms with Gasteiger partial charge in [0.25, 0.3) is 0 Å². The summed E-state index contributed by atoms with van der Waals surface area (Å²) in [6.45, 7) is 4.76. The molecule has 0 saturated carbocycles. The molecule has 1 aromatic carbocycles. The molecule has 0 saturated heterocycles. The van der Waals surface area contributed by atoms with Crippen LogP contribution in [0.1, 0.15) is 40.7 Å². The number of benzene rings is 1. The van der Waals surface area contributed by atoms with Gasteiger partial charge in [-0.25, -0.2) is 0 Å². The first kappa shape index (κ1) is 10.7. The zero-order chi connectivity index (χ0) is 10.8. The van der Waals surface area contributed by atoms with Gasteiger partial charge in [-0.05, 0) is 73.8 Å². The maximum absolute atomic E-state index is 8.90. The standard InChI is InChI=1S/C14H20O/c1-10-9-12-5-3-6-14(12)11(2)13(10)7-4-8-15/h9,15H,3-8H2,1-2H3. The fourth-order valence-electron chi connectivity index (χ4n) is 2.82. The third-order valence-corrected chi connectivity index (χ3v) is 3.62. The van der Waals surface area contributed by atoms with Gasteiger partial charge in [0.05, 0.1) is 0 Å². The van der Waals surface area contributed by atoms with Crippen molar-refractivity contribution >= 4 is 0 Å². The number of fused-ring (bicyclic) bond motifs is 1. The van der Waals surface area contributed by atoms with Gasteiger partial charge in [0.2, 0.25) is 0 Å². The van der Waals surface area contributed by atoms with Crippen molar-refractivity contribution in [3.63, 3.8) is 0 Å². The molecule has 82 valence electrons. The van der Waals surface area contributed by atoms with E-state index in [0.717, 1.165) is 12.8 Å². The van der Waals surface area contributed by atoms with Gasteiger partial charge in [0.15, 0.2) is 0 Å². The lowest BCUT2D eigenvalue weighted by Gasteiger charge is -2.14. The van der Waals surface area contributed by atoms with Crippen LogP contribution in [0.25, 0.3) is 0 Å². The Balaban J connectivity index is 2.37. The molecule has 1 aromatic rings. The Morgan fingerprint density at radius 3 is 2.80 bits per heavy atom. The Kier molecular flexibility index (Phi) is 3.11. The lowest BCUT2D eigenvalue weighted by Crippen LogP contribution is -2.01. The molecule has 0 bridgehead atoms. The van der Waals surface area contributed by atoms with Crippen molar-refractivity contribution in [3.05, 3.63) is 33.9 Å². The van der Waals surface area contributed by atoms with Crippen LogP contribution in [0.3, 0.4) is 0 Å². The normalized spacial score (nSPS) is 14.3. The first-order valence-electron chi connectivity index (χ1n) is 5.95. The van der Waals surface area contributed by atoms with Crippen molar-refractivity contribution < 1.29 is 5.11 Å². The van der Waals surface area contributed by atoms with Crippen molar-refractivity contribution in [1.82, 2.24) is 0 Å². The Labute approximate surface area is 92.1 Å². The highest BCUT2D eigenvalue weighted by Gasteiger charge is 2.16. The first-order chi connectivity index (χ1) is 7.24. The summed E-state index contributed by atoms with van der Waals surface area (Å²) in [5.41, 5.74) is 7.55. The number of rotatable bonds is 3. The first-order valence-corrected chi connectivity index (χ1v) is 5.95. The number of aryl methyl sites for hydroxylation is 2. The van der Waals surface area contributed by atoms with Crippen molar-refractivity contribution in [2.24, 2.45) is 0 Å². The van der Waals surface area contributed by atoms with Crippen LogP contribution in [0, 0.1) is 13.8 Å². The van der Waals surface area contributed by atoms with Crippen LogP contribution < -0.4 is 0 Å². The van der Waals surface area contributed by atoms with Gasteiger partial charge >= 0.3 is 0 Å². The van der Waals surface area contributed by atoms with E-state index in [1.807, 2.05) is 0 Å². The molecule has 1 heteroatoms. The summed E-state index contributed by atoms with van der Waals surface area (Å²) in [5, 5.41) is 8.90. The van der Waals surface area contributed by atoms with E-state index in [2.05, 4.69) is 19.9 Å². The summed E-state index contributed by atoms with van der Waals surface area (Å²) in [6.07, 6.45) is 5.76. The van der Waals surface area contributed by atoms with Crippen molar-refractivity contribution in [2.75, 3.05) is 6.61 Å². The van der Waals surface area contributed by atoms with Gasteiger partial charge in [-0.3, -0.25) is 0 Å². The molecule has 0 fully saturated rings. The minimum absolute atomic E-state index is 0.302. The zero-order valence-corrected chi connectivity index (χ0v) is 9.77. The van der Waals surface area contributed by atoms with Gasteiger partial charge < -0.3 is 5.11 Å². The number of hydrogen-bond donors (Lipinski definition) is 1. The van der Waals surface area contributed by atoms with Crippen LogP contribution in [0.5, 0.6) is 0 Å². The summed E-state index contributed by atoms with van der Waals surface area (Å²) in [7, 11) is 0. The van der Waals surface area contributed by atoms with E-state index in [1.54, 1.807) is 11.1 Å². The van der Waals surface area contributed by atoms with Crippen molar-refractivity contribution in [2.45, 2.75) is 46.0 Å². The summed E-state index contributed by atoms with van der Waals surface area (Å²) >= 11 is 0. The average Bonchev–Trinajstić information content (AvgIpc) is 2.65. The Bertz CT molecular complexity index is 366. The summed E-state index contributed by atoms with van der Waals surface area (Å²) in [4.78, 5) is 0. The number of aliphatic hydroxyl groups is 1. The fourth-order valence-corrected chi connectivity index (χ4v) is 2.82. The monoisotopic (exact) mass is 204 g/mol. The highest BCUT2D eigenvalue weighted by atomic mass is 16.2. The van der Waals surface area contributed by atoms with E-state index in [4.69, 9.17) is 5.11 Å². The zero-order valence-electron chi connectivity index (χ0n) is 9.77. The highest BCUT2D eigenvalue weighted by Crippen LogP contribution is 2.30. The average molecular weight is 204 g/mol. The second-order valence-electron chi connectivity index (χ2n) is 4.62. The van der Waals surface area contributed by atoms with E-state index in [9.17, 15) is 0 Å². The van der Waals surface area contributed by atoms with Crippen LogP contribution in [-0.2, 0) is 19.3 Å². The molecule has 0 radical (unpaired) electrons. The van der Waals surface area contributed by atoms with E-state index < -0.39 is 0 Å². The molecule has 0 aliphatic heterocycles. The maximum Gasteiger partial charge on any atom is 0.0434 e. The Morgan fingerprint density at radius 1 is 1.27 bits per heavy atom. The minimum Gasteiger partial charge on any atom is -0.396 e. The molecule has 2 rings (SSSR count). The van der Waals surface area contributed by atoms with Crippen molar-refractivity contribution in [1.29, 1.82) is 0 Å². The van der Waals surface area contributed by atoms with Crippen LogP contribution in [0.4, 0.5) is 0 Å². The third kappa shape index (κ3) is 1.93. The predicted octanol–water partition coefficient (Wildman–Crippen LogP) is 2.72. The lowest BCUT2D eigenvalue weighted by molar-refractivity contribution is 0.288.